The Morgan fingerprint density at radius 1 is 1.25 bits per heavy atom. The molecule has 130 valence electrons. The number of sulfonamides is 1. The highest BCUT2D eigenvalue weighted by atomic mass is 32.2. The number of aryl methyl sites for hydroxylation is 2. The molecule has 0 unspecified atom stereocenters. The van der Waals surface area contributed by atoms with E-state index in [4.69, 9.17) is 5.73 Å². The molecule has 1 fully saturated rings. The molecule has 0 aromatic carbocycles. The molecule has 0 amide bonds. The van der Waals surface area contributed by atoms with E-state index in [1.807, 2.05) is 19.9 Å². The van der Waals surface area contributed by atoms with Crippen LogP contribution < -0.4 is 15.8 Å². The molecular formula is C15H21N5O2S2. The van der Waals surface area contributed by atoms with E-state index in [0.717, 1.165) is 15.4 Å². The maximum atomic E-state index is 12.5. The van der Waals surface area contributed by atoms with Crippen LogP contribution in [0.25, 0.3) is 0 Å². The molecule has 24 heavy (non-hydrogen) atoms. The molecule has 0 bridgehead atoms. The number of nitrogens with two attached hydrogens (primary N) is 1. The third-order valence-corrected chi connectivity index (χ3v) is 6.92. The average molecular weight is 368 g/mol. The summed E-state index contributed by atoms with van der Waals surface area (Å²) in [5, 5.41) is 2.95. The van der Waals surface area contributed by atoms with Crippen molar-refractivity contribution < 1.29 is 8.42 Å². The lowest BCUT2D eigenvalue weighted by atomic mass is 9.78. The number of anilines is 2. The Morgan fingerprint density at radius 2 is 1.96 bits per heavy atom. The molecule has 2 aromatic rings. The first-order valence-corrected chi connectivity index (χ1v) is 10.00. The second kappa shape index (κ2) is 6.30. The highest BCUT2D eigenvalue weighted by Gasteiger charge is 2.35. The summed E-state index contributed by atoms with van der Waals surface area (Å²) < 4.78 is 27.8. The number of hydrogen-bond donors (Lipinski definition) is 3. The summed E-state index contributed by atoms with van der Waals surface area (Å²) in [6, 6.07) is 3.51. The van der Waals surface area contributed by atoms with Gasteiger partial charge in [-0.25, -0.2) is 18.1 Å². The van der Waals surface area contributed by atoms with Crippen LogP contribution in [0.4, 0.5) is 11.8 Å². The van der Waals surface area contributed by atoms with Crippen molar-refractivity contribution >= 4 is 33.1 Å². The minimum absolute atomic E-state index is 0.0752. The van der Waals surface area contributed by atoms with Crippen LogP contribution in [0.5, 0.6) is 0 Å². The second-order valence-corrected chi connectivity index (χ2v) is 9.19. The van der Waals surface area contributed by atoms with E-state index in [1.54, 1.807) is 13.1 Å². The SMILES string of the molecule is CNc1cc(C2CC(NS(=O)(=O)c3cc(C)sc3C)C2)nc(N)n1. The van der Waals surface area contributed by atoms with Crippen LogP contribution in [-0.2, 0) is 10.0 Å². The van der Waals surface area contributed by atoms with E-state index in [-0.39, 0.29) is 17.9 Å². The monoisotopic (exact) mass is 367 g/mol. The number of hydrogen-bond acceptors (Lipinski definition) is 7. The molecule has 0 saturated heterocycles. The molecule has 2 heterocycles. The lowest BCUT2D eigenvalue weighted by Crippen LogP contribution is -2.43. The molecule has 2 aromatic heterocycles. The number of nitrogens with one attached hydrogen (secondary N) is 2. The predicted molar refractivity (Wildman–Crippen MR) is 95.9 cm³/mol. The topological polar surface area (TPSA) is 110 Å². The summed E-state index contributed by atoms with van der Waals surface area (Å²) in [6.45, 7) is 3.74. The molecule has 0 radical (unpaired) electrons. The van der Waals surface area contributed by atoms with Gasteiger partial charge in [0, 0.05) is 34.8 Å². The zero-order chi connectivity index (χ0) is 17.5. The largest absolute Gasteiger partial charge is 0.373 e. The van der Waals surface area contributed by atoms with Crippen molar-refractivity contribution in [1.29, 1.82) is 0 Å². The standard InChI is InChI=1S/C15H21N5O2S2/c1-8-4-13(9(2)23-8)24(21,22)20-11-5-10(6-11)12-7-14(17-3)19-15(16)18-12/h4,7,10-11,20H,5-6H2,1-3H3,(H3,16,17,18,19). The fourth-order valence-corrected chi connectivity index (χ4v) is 5.75. The van der Waals surface area contributed by atoms with Gasteiger partial charge in [0.15, 0.2) is 0 Å². The lowest BCUT2D eigenvalue weighted by Gasteiger charge is -2.35. The van der Waals surface area contributed by atoms with E-state index >= 15 is 0 Å². The molecule has 0 atom stereocenters. The number of thiophene rings is 1. The zero-order valence-corrected chi connectivity index (χ0v) is 15.5. The van der Waals surface area contributed by atoms with Crippen LogP contribution in [0.1, 0.15) is 34.2 Å². The van der Waals surface area contributed by atoms with Crippen molar-refractivity contribution in [2.24, 2.45) is 0 Å². The van der Waals surface area contributed by atoms with Gasteiger partial charge in [-0.1, -0.05) is 0 Å². The average Bonchev–Trinajstić information content (AvgIpc) is 2.81. The Balaban J connectivity index is 1.67. The van der Waals surface area contributed by atoms with Gasteiger partial charge < -0.3 is 11.1 Å². The second-order valence-electron chi connectivity index (χ2n) is 6.05. The van der Waals surface area contributed by atoms with Gasteiger partial charge in [-0.15, -0.1) is 11.3 Å². The maximum absolute atomic E-state index is 12.5. The molecule has 1 saturated carbocycles. The Kier molecular flexibility index (Phi) is 4.50. The quantitative estimate of drug-likeness (QED) is 0.745. The van der Waals surface area contributed by atoms with Crippen molar-refractivity contribution in [3.63, 3.8) is 0 Å². The van der Waals surface area contributed by atoms with Gasteiger partial charge in [-0.2, -0.15) is 4.98 Å². The summed E-state index contributed by atoms with van der Waals surface area (Å²) in [5.74, 6) is 1.09. The zero-order valence-electron chi connectivity index (χ0n) is 13.8. The fourth-order valence-electron chi connectivity index (χ4n) is 2.94. The molecular weight excluding hydrogens is 346 g/mol. The van der Waals surface area contributed by atoms with Gasteiger partial charge in [0.2, 0.25) is 16.0 Å². The molecule has 7 nitrogen and oxygen atoms in total. The van der Waals surface area contributed by atoms with Crippen molar-refractivity contribution in [2.75, 3.05) is 18.1 Å². The Bertz CT molecular complexity index is 857. The van der Waals surface area contributed by atoms with E-state index < -0.39 is 10.0 Å². The normalized spacial score (nSPS) is 20.6. The number of nitrogen functional groups attached to an aromatic ring is 1. The van der Waals surface area contributed by atoms with Crippen LogP contribution >= 0.6 is 11.3 Å². The minimum Gasteiger partial charge on any atom is -0.373 e. The molecule has 9 heteroatoms. The van der Waals surface area contributed by atoms with E-state index in [9.17, 15) is 8.42 Å². The molecule has 4 N–H and O–H groups in total. The molecule has 1 aliphatic carbocycles. The molecule has 3 rings (SSSR count). The summed E-state index contributed by atoms with van der Waals surface area (Å²) in [5.41, 5.74) is 6.56. The lowest BCUT2D eigenvalue weighted by molar-refractivity contribution is 0.321. The van der Waals surface area contributed by atoms with Crippen LogP contribution in [0.15, 0.2) is 17.0 Å². The molecule has 0 spiro atoms. The van der Waals surface area contributed by atoms with E-state index in [1.165, 1.54) is 11.3 Å². The minimum atomic E-state index is -3.47. The van der Waals surface area contributed by atoms with Gasteiger partial charge in [-0.3, -0.25) is 0 Å². The smallest absolute Gasteiger partial charge is 0.241 e. The van der Waals surface area contributed by atoms with Gasteiger partial charge in [0.1, 0.15) is 5.82 Å². The van der Waals surface area contributed by atoms with Crippen LogP contribution in [0.3, 0.4) is 0 Å². The van der Waals surface area contributed by atoms with Crippen LogP contribution in [-0.4, -0.2) is 31.5 Å². The van der Waals surface area contributed by atoms with Crippen molar-refractivity contribution in [3.8, 4) is 0 Å². The van der Waals surface area contributed by atoms with Gasteiger partial charge in [0.25, 0.3) is 0 Å². The summed E-state index contributed by atoms with van der Waals surface area (Å²) in [7, 11) is -1.69. The fraction of sp³-hybridized carbons (Fsp3) is 0.467. The predicted octanol–water partition coefficient (Wildman–Crippen LogP) is 2.00. The highest BCUT2D eigenvalue weighted by Crippen LogP contribution is 2.38. The summed E-state index contributed by atoms with van der Waals surface area (Å²) in [4.78, 5) is 10.5. The molecule has 0 aliphatic heterocycles. The first-order chi connectivity index (χ1) is 11.3. The molecule has 1 aliphatic rings. The Morgan fingerprint density at radius 3 is 2.54 bits per heavy atom. The highest BCUT2D eigenvalue weighted by molar-refractivity contribution is 7.89. The summed E-state index contributed by atoms with van der Waals surface area (Å²) in [6.07, 6.45) is 1.42. The first kappa shape index (κ1) is 17.1. The third-order valence-electron chi connectivity index (χ3n) is 4.18. The first-order valence-electron chi connectivity index (χ1n) is 7.70. The van der Waals surface area contributed by atoms with Gasteiger partial charge in [0.05, 0.1) is 10.6 Å². The maximum Gasteiger partial charge on any atom is 0.241 e. The van der Waals surface area contributed by atoms with E-state index in [0.29, 0.717) is 23.6 Å². The Hall–Kier alpha value is -1.71. The van der Waals surface area contributed by atoms with Crippen molar-refractivity contribution in [1.82, 2.24) is 14.7 Å². The van der Waals surface area contributed by atoms with Gasteiger partial charge >= 0.3 is 0 Å². The van der Waals surface area contributed by atoms with Crippen LogP contribution in [0, 0.1) is 13.8 Å². The number of aromatic nitrogens is 2. The number of rotatable bonds is 5. The van der Waals surface area contributed by atoms with Gasteiger partial charge in [-0.05, 0) is 32.8 Å². The third kappa shape index (κ3) is 3.38. The van der Waals surface area contributed by atoms with E-state index in [2.05, 4.69) is 20.0 Å². The number of nitrogens with zero attached hydrogens (tertiary/aromatic N) is 2. The van der Waals surface area contributed by atoms with Crippen molar-refractivity contribution in [2.45, 2.75) is 43.5 Å². The van der Waals surface area contributed by atoms with Crippen molar-refractivity contribution in [3.05, 3.63) is 27.6 Å². The summed E-state index contributed by atoms with van der Waals surface area (Å²) >= 11 is 1.49. The Labute approximate surface area is 145 Å². The van der Waals surface area contributed by atoms with Crippen LogP contribution in [0.2, 0.25) is 0 Å².